The summed E-state index contributed by atoms with van der Waals surface area (Å²) in [6.45, 7) is 8.78. The molecular formula is C22H32O2. The number of carbonyl (C=O) groups is 1. The van der Waals surface area contributed by atoms with Crippen molar-refractivity contribution in [1.82, 2.24) is 0 Å². The topological polar surface area (TPSA) is 37.3 Å². The lowest BCUT2D eigenvalue weighted by molar-refractivity contribution is -0.119. The molecule has 0 aromatic carbocycles. The average Bonchev–Trinajstić information content (AvgIpc) is 2.85. The summed E-state index contributed by atoms with van der Waals surface area (Å²) in [4.78, 5) is 12.0. The second-order valence-electron chi connectivity index (χ2n) is 9.47. The van der Waals surface area contributed by atoms with Crippen LogP contribution in [-0.4, -0.2) is 17.0 Å². The predicted octanol–water partition coefficient (Wildman–Crippen LogP) is 4.68. The van der Waals surface area contributed by atoms with Crippen LogP contribution in [-0.2, 0) is 4.79 Å². The SMILES string of the molecule is C=CC[C@H]1CC2=CC(=O)CC[C@]2(C)[C@H]2CC[C@]3(C)[C@@H](O)CC[C@H]3[C@H]12. The lowest BCUT2D eigenvalue weighted by Gasteiger charge is -2.60. The second kappa shape index (κ2) is 5.56. The van der Waals surface area contributed by atoms with Crippen LogP contribution in [0.4, 0.5) is 0 Å². The van der Waals surface area contributed by atoms with Crippen molar-refractivity contribution in [3.05, 3.63) is 24.3 Å². The number of ketones is 1. The van der Waals surface area contributed by atoms with Crippen LogP contribution in [0.15, 0.2) is 24.3 Å². The Morgan fingerprint density at radius 2 is 2.04 bits per heavy atom. The van der Waals surface area contributed by atoms with E-state index in [4.69, 9.17) is 0 Å². The first-order chi connectivity index (χ1) is 11.4. The van der Waals surface area contributed by atoms with Gasteiger partial charge in [0.05, 0.1) is 6.10 Å². The molecule has 4 aliphatic rings. The second-order valence-corrected chi connectivity index (χ2v) is 9.47. The van der Waals surface area contributed by atoms with E-state index in [0.29, 0.717) is 29.5 Å². The van der Waals surface area contributed by atoms with Crippen LogP contribution in [0.2, 0.25) is 0 Å². The molecule has 0 saturated heterocycles. The fourth-order valence-corrected chi connectivity index (χ4v) is 7.13. The number of fused-ring (bicyclic) bond motifs is 5. The molecule has 1 N–H and O–H groups in total. The summed E-state index contributed by atoms with van der Waals surface area (Å²) >= 11 is 0. The van der Waals surface area contributed by atoms with E-state index in [1.807, 2.05) is 6.08 Å². The summed E-state index contributed by atoms with van der Waals surface area (Å²) < 4.78 is 0. The molecule has 0 amide bonds. The fourth-order valence-electron chi connectivity index (χ4n) is 7.13. The van der Waals surface area contributed by atoms with E-state index < -0.39 is 0 Å². The maximum Gasteiger partial charge on any atom is 0.155 e. The van der Waals surface area contributed by atoms with Crippen LogP contribution in [0.3, 0.4) is 0 Å². The molecule has 2 nitrogen and oxygen atoms in total. The zero-order chi connectivity index (χ0) is 17.1. The van der Waals surface area contributed by atoms with Gasteiger partial charge in [0.15, 0.2) is 5.78 Å². The highest BCUT2D eigenvalue weighted by Crippen LogP contribution is 2.66. The van der Waals surface area contributed by atoms with Crippen LogP contribution in [0.1, 0.15) is 65.2 Å². The molecule has 24 heavy (non-hydrogen) atoms. The van der Waals surface area contributed by atoms with Gasteiger partial charge in [0.25, 0.3) is 0 Å². The molecule has 0 radical (unpaired) electrons. The van der Waals surface area contributed by atoms with E-state index in [2.05, 4.69) is 26.5 Å². The summed E-state index contributed by atoms with van der Waals surface area (Å²) in [5, 5.41) is 10.6. The molecule has 4 aliphatic carbocycles. The summed E-state index contributed by atoms with van der Waals surface area (Å²) in [7, 11) is 0. The van der Waals surface area contributed by atoms with Gasteiger partial charge in [-0.2, -0.15) is 0 Å². The molecule has 132 valence electrons. The smallest absolute Gasteiger partial charge is 0.155 e. The minimum Gasteiger partial charge on any atom is -0.393 e. The number of aliphatic hydroxyl groups excluding tert-OH is 1. The Morgan fingerprint density at radius 3 is 2.79 bits per heavy atom. The summed E-state index contributed by atoms with van der Waals surface area (Å²) in [6.07, 6.45) is 12.3. The average molecular weight is 328 g/mol. The van der Waals surface area contributed by atoms with Gasteiger partial charge in [0.1, 0.15) is 0 Å². The Kier molecular flexibility index (Phi) is 3.84. The number of allylic oxidation sites excluding steroid dienone is 2. The molecule has 0 aromatic heterocycles. The first kappa shape index (κ1) is 16.6. The van der Waals surface area contributed by atoms with Crippen molar-refractivity contribution in [1.29, 1.82) is 0 Å². The number of carbonyl (C=O) groups excluding carboxylic acids is 1. The van der Waals surface area contributed by atoms with Gasteiger partial charge in [-0.25, -0.2) is 0 Å². The molecule has 0 aromatic rings. The van der Waals surface area contributed by atoms with Crippen LogP contribution >= 0.6 is 0 Å². The van der Waals surface area contributed by atoms with E-state index >= 15 is 0 Å². The number of hydrogen-bond donors (Lipinski definition) is 1. The molecule has 0 bridgehead atoms. The van der Waals surface area contributed by atoms with Gasteiger partial charge in [-0.15, -0.1) is 6.58 Å². The van der Waals surface area contributed by atoms with Gasteiger partial charge in [0, 0.05) is 6.42 Å². The van der Waals surface area contributed by atoms with E-state index in [9.17, 15) is 9.90 Å². The van der Waals surface area contributed by atoms with E-state index in [0.717, 1.165) is 38.5 Å². The van der Waals surface area contributed by atoms with Gasteiger partial charge in [-0.1, -0.05) is 25.5 Å². The highest BCUT2D eigenvalue weighted by Gasteiger charge is 2.60. The number of rotatable bonds is 2. The zero-order valence-corrected chi connectivity index (χ0v) is 15.3. The van der Waals surface area contributed by atoms with Crippen molar-refractivity contribution >= 4 is 5.78 Å². The first-order valence-corrected chi connectivity index (χ1v) is 9.93. The van der Waals surface area contributed by atoms with Crippen molar-refractivity contribution < 1.29 is 9.90 Å². The number of aliphatic hydroxyl groups is 1. The zero-order valence-electron chi connectivity index (χ0n) is 15.3. The van der Waals surface area contributed by atoms with Crippen LogP contribution < -0.4 is 0 Å². The summed E-state index contributed by atoms with van der Waals surface area (Å²) in [5.41, 5.74) is 1.75. The standard InChI is InChI=1S/C22H32O2/c1-4-5-14-12-15-13-16(23)8-10-21(15,2)18-9-11-22(3)17(20(14)18)6-7-19(22)24/h4,13-14,17-20,24H,1,5-12H2,2-3H3/t14-,17-,18-,19-,20-,21-,22-/m0/s1. The minimum absolute atomic E-state index is 0.114. The normalized spacial score (nSPS) is 50.5. The molecule has 0 unspecified atom stereocenters. The third-order valence-corrected chi connectivity index (χ3v) is 8.56. The van der Waals surface area contributed by atoms with Crippen molar-refractivity contribution in [3.63, 3.8) is 0 Å². The van der Waals surface area contributed by atoms with E-state index in [1.54, 1.807) is 0 Å². The van der Waals surface area contributed by atoms with Gasteiger partial charge < -0.3 is 5.11 Å². The van der Waals surface area contributed by atoms with Gasteiger partial charge in [0.2, 0.25) is 0 Å². The van der Waals surface area contributed by atoms with Crippen molar-refractivity contribution in [2.24, 2.45) is 34.5 Å². The van der Waals surface area contributed by atoms with Gasteiger partial charge in [-0.05, 0) is 85.5 Å². The minimum atomic E-state index is -0.120. The molecule has 3 fully saturated rings. The van der Waals surface area contributed by atoms with Crippen molar-refractivity contribution in [3.8, 4) is 0 Å². The first-order valence-electron chi connectivity index (χ1n) is 9.93. The largest absolute Gasteiger partial charge is 0.393 e. The van der Waals surface area contributed by atoms with Crippen LogP contribution in [0.25, 0.3) is 0 Å². The van der Waals surface area contributed by atoms with Gasteiger partial charge >= 0.3 is 0 Å². The molecule has 7 atom stereocenters. The maximum atomic E-state index is 12.0. The number of hydrogen-bond acceptors (Lipinski definition) is 2. The highest BCUT2D eigenvalue weighted by molar-refractivity contribution is 5.91. The Labute approximate surface area is 146 Å². The third kappa shape index (κ3) is 2.14. The Balaban J connectivity index is 1.76. The Bertz CT molecular complexity index is 591. The molecule has 0 spiro atoms. The monoisotopic (exact) mass is 328 g/mol. The molecule has 3 saturated carbocycles. The van der Waals surface area contributed by atoms with Crippen molar-refractivity contribution in [2.75, 3.05) is 0 Å². The molecule has 2 heteroatoms. The molecular weight excluding hydrogens is 296 g/mol. The summed E-state index contributed by atoms with van der Waals surface area (Å²) in [6, 6.07) is 0. The quantitative estimate of drug-likeness (QED) is 0.747. The highest BCUT2D eigenvalue weighted by atomic mass is 16.3. The fraction of sp³-hybridized carbons (Fsp3) is 0.773. The van der Waals surface area contributed by atoms with Crippen LogP contribution in [0.5, 0.6) is 0 Å². The lowest BCUT2D eigenvalue weighted by atomic mass is 9.44. The van der Waals surface area contributed by atoms with Crippen molar-refractivity contribution in [2.45, 2.75) is 71.3 Å². The van der Waals surface area contributed by atoms with E-state index in [1.165, 1.54) is 18.4 Å². The third-order valence-electron chi connectivity index (χ3n) is 8.56. The predicted molar refractivity (Wildman–Crippen MR) is 96.4 cm³/mol. The molecule has 0 heterocycles. The Hall–Kier alpha value is -0.890. The van der Waals surface area contributed by atoms with Crippen LogP contribution in [0, 0.1) is 34.5 Å². The summed E-state index contributed by atoms with van der Waals surface area (Å²) in [5.74, 6) is 2.95. The van der Waals surface area contributed by atoms with E-state index in [-0.39, 0.29) is 16.9 Å². The lowest BCUT2D eigenvalue weighted by Crippen LogP contribution is -2.54. The van der Waals surface area contributed by atoms with Gasteiger partial charge in [-0.3, -0.25) is 4.79 Å². The molecule has 4 rings (SSSR count). The maximum absolute atomic E-state index is 12.0. The molecule has 0 aliphatic heterocycles. The Morgan fingerprint density at radius 1 is 1.25 bits per heavy atom.